The lowest BCUT2D eigenvalue weighted by atomic mass is 10.1. The van der Waals surface area contributed by atoms with E-state index in [1.54, 1.807) is 0 Å². The van der Waals surface area contributed by atoms with Gasteiger partial charge in [0.15, 0.2) is 0 Å². The zero-order chi connectivity index (χ0) is 15.4. The first-order valence-electron chi connectivity index (χ1n) is 6.95. The Morgan fingerprint density at radius 1 is 1.00 bits per heavy atom. The van der Waals surface area contributed by atoms with Crippen molar-refractivity contribution in [2.24, 2.45) is 0 Å². The quantitative estimate of drug-likeness (QED) is 0.803. The number of hydrogen-bond acceptors (Lipinski definition) is 4. The lowest BCUT2D eigenvalue weighted by Gasteiger charge is -2.14. The molecule has 1 heterocycles. The molecule has 3 aromatic rings. The molecule has 5 nitrogen and oxygen atoms in total. The zero-order valence-electron chi connectivity index (χ0n) is 12.1. The van der Waals surface area contributed by atoms with Crippen LogP contribution in [0.1, 0.15) is 24.4 Å². The summed E-state index contributed by atoms with van der Waals surface area (Å²) >= 11 is 0. The minimum Gasteiger partial charge on any atom is -0.418 e. The molecule has 0 unspecified atom stereocenters. The van der Waals surface area contributed by atoms with Gasteiger partial charge in [-0.1, -0.05) is 48.5 Å². The summed E-state index contributed by atoms with van der Waals surface area (Å²) in [6.45, 7) is 1.46. The second kappa shape index (κ2) is 6.22. The Labute approximate surface area is 128 Å². The van der Waals surface area contributed by atoms with Gasteiger partial charge in [0.25, 0.3) is 0 Å². The predicted molar refractivity (Wildman–Crippen MR) is 81.8 cm³/mol. The van der Waals surface area contributed by atoms with Crippen LogP contribution in [0.15, 0.2) is 65.1 Å². The molecule has 0 aliphatic heterocycles. The van der Waals surface area contributed by atoms with Gasteiger partial charge in [-0.05, 0) is 17.7 Å². The number of nitrogens with zero attached hydrogens (tertiary/aromatic N) is 2. The molecular weight excluding hydrogens is 278 g/mol. The van der Waals surface area contributed by atoms with E-state index in [4.69, 9.17) is 4.42 Å². The summed E-state index contributed by atoms with van der Waals surface area (Å²) in [6.07, 6.45) is 0. The van der Waals surface area contributed by atoms with Crippen molar-refractivity contribution in [3.8, 4) is 11.5 Å². The number of nitrogens with one attached hydrogen (secondary N) is 1. The molecule has 0 aliphatic rings. The molecule has 0 spiro atoms. The molecule has 1 amide bonds. The number of hydrogen-bond donors (Lipinski definition) is 1. The van der Waals surface area contributed by atoms with Gasteiger partial charge in [-0.15, -0.1) is 10.2 Å². The molecular formula is C17H15N3O2. The fourth-order valence-electron chi connectivity index (χ4n) is 2.19. The first kappa shape index (κ1) is 14.0. The number of benzene rings is 2. The van der Waals surface area contributed by atoms with Crippen LogP contribution in [0.5, 0.6) is 0 Å². The molecule has 2 aromatic carbocycles. The Morgan fingerprint density at radius 3 is 2.27 bits per heavy atom. The van der Waals surface area contributed by atoms with Crippen molar-refractivity contribution in [3.05, 3.63) is 72.1 Å². The fourth-order valence-corrected chi connectivity index (χ4v) is 2.19. The van der Waals surface area contributed by atoms with Crippen molar-refractivity contribution < 1.29 is 9.21 Å². The number of amides is 1. The summed E-state index contributed by atoms with van der Waals surface area (Å²) in [4.78, 5) is 11.5. The Morgan fingerprint density at radius 2 is 1.64 bits per heavy atom. The monoisotopic (exact) mass is 293 g/mol. The van der Waals surface area contributed by atoms with Gasteiger partial charge < -0.3 is 9.73 Å². The van der Waals surface area contributed by atoms with E-state index < -0.39 is 6.04 Å². The van der Waals surface area contributed by atoms with E-state index in [-0.39, 0.29) is 5.91 Å². The van der Waals surface area contributed by atoms with E-state index >= 15 is 0 Å². The van der Waals surface area contributed by atoms with Crippen molar-refractivity contribution in [2.75, 3.05) is 0 Å². The third-order valence-electron chi connectivity index (χ3n) is 3.19. The molecule has 0 bridgehead atoms. The Hall–Kier alpha value is -2.95. The summed E-state index contributed by atoms with van der Waals surface area (Å²) < 4.78 is 5.75. The van der Waals surface area contributed by atoms with Gasteiger partial charge in [-0.25, -0.2) is 0 Å². The van der Waals surface area contributed by atoms with E-state index in [9.17, 15) is 4.79 Å². The molecule has 0 saturated heterocycles. The minimum atomic E-state index is -0.455. The molecule has 22 heavy (non-hydrogen) atoms. The van der Waals surface area contributed by atoms with Crippen LogP contribution in [0, 0.1) is 0 Å². The summed E-state index contributed by atoms with van der Waals surface area (Å²) in [5.74, 6) is 0.635. The molecule has 0 aliphatic carbocycles. The topological polar surface area (TPSA) is 68.0 Å². The van der Waals surface area contributed by atoms with Gasteiger partial charge in [0.1, 0.15) is 6.04 Å². The fraction of sp³-hybridized carbons (Fsp3) is 0.118. The highest BCUT2D eigenvalue weighted by molar-refractivity contribution is 5.73. The van der Waals surface area contributed by atoms with E-state index in [1.165, 1.54) is 6.92 Å². The molecule has 0 saturated carbocycles. The third kappa shape index (κ3) is 3.03. The molecule has 0 fully saturated rings. The number of rotatable bonds is 4. The molecule has 5 heteroatoms. The van der Waals surface area contributed by atoms with Gasteiger partial charge in [0.05, 0.1) is 0 Å². The number of carbonyl (C=O) groups is 1. The largest absolute Gasteiger partial charge is 0.418 e. The average Bonchev–Trinajstić information content (AvgIpc) is 3.04. The standard InChI is InChI=1S/C17H15N3O2/c1-12(21)18-15(13-8-4-2-5-9-13)17-20-19-16(22-17)14-10-6-3-7-11-14/h2-11,15H,1H3,(H,18,21)/t15-/m0/s1. The maximum atomic E-state index is 11.5. The van der Waals surface area contributed by atoms with Gasteiger partial charge in [-0.3, -0.25) is 4.79 Å². The molecule has 1 atom stereocenters. The van der Waals surface area contributed by atoms with Crippen LogP contribution in [-0.2, 0) is 4.79 Å². The Balaban J connectivity index is 1.95. The molecule has 110 valence electrons. The maximum absolute atomic E-state index is 11.5. The second-order valence-electron chi connectivity index (χ2n) is 4.86. The number of carbonyl (C=O) groups excluding carboxylic acids is 1. The minimum absolute atomic E-state index is 0.159. The summed E-state index contributed by atoms with van der Waals surface area (Å²) in [7, 11) is 0. The van der Waals surface area contributed by atoms with Crippen molar-refractivity contribution in [1.29, 1.82) is 0 Å². The van der Waals surface area contributed by atoms with Crippen molar-refractivity contribution in [3.63, 3.8) is 0 Å². The first-order valence-corrected chi connectivity index (χ1v) is 6.95. The predicted octanol–water partition coefficient (Wildman–Crippen LogP) is 2.96. The van der Waals surface area contributed by atoms with Gasteiger partial charge in [0.2, 0.25) is 17.7 Å². The number of aromatic nitrogens is 2. The Bertz CT molecular complexity index is 754. The first-order chi connectivity index (χ1) is 10.7. The van der Waals surface area contributed by atoms with E-state index in [1.807, 2.05) is 60.7 Å². The van der Waals surface area contributed by atoms with Gasteiger partial charge in [-0.2, -0.15) is 0 Å². The lowest BCUT2D eigenvalue weighted by Crippen LogP contribution is -2.27. The molecule has 0 radical (unpaired) electrons. The molecule has 1 aromatic heterocycles. The normalized spacial score (nSPS) is 11.9. The van der Waals surface area contributed by atoms with Crippen LogP contribution < -0.4 is 5.32 Å². The van der Waals surface area contributed by atoms with Crippen molar-refractivity contribution >= 4 is 5.91 Å². The van der Waals surface area contributed by atoms with Crippen LogP contribution in [0.25, 0.3) is 11.5 Å². The highest BCUT2D eigenvalue weighted by Crippen LogP contribution is 2.24. The Kier molecular flexibility index (Phi) is 3.96. The zero-order valence-corrected chi connectivity index (χ0v) is 12.1. The van der Waals surface area contributed by atoms with E-state index in [0.29, 0.717) is 11.8 Å². The van der Waals surface area contributed by atoms with Crippen LogP contribution in [0.4, 0.5) is 0 Å². The summed E-state index contributed by atoms with van der Waals surface area (Å²) in [6, 6.07) is 18.6. The van der Waals surface area contributed by atoms with Gasteiger partial charge >= 0.3 is 0 Å². The highest BCUT2D eigenvalue weighted by Gasteiger charge is 2.22. The smallest absolute Gasteiger partial charge is 0.247 e. The summed E-state index contributed by atoms with van der Waals surface area (Å²) in [5.41, 5.74) is 1.73. The third-order valence-corrected chi connectivity index (χ3v) is 3.19. The van der Waals surface area contributed by atoms with Crippen LogP contribution in [0.3, 0.4) is 0 Å². The van der Waals surface area contributed by atoms with Crippen molar-refractivity contribution in [2.45, 2.75) is 13.0 Å². The maximum Gasteiger partial charge on any atom is 0.247 e. The summed E-state index contributed by atoms with van der Waals surface area (Å²) in [5, 5.41) is 11.0. The van der Waals surface area contributed by atoms with E-state index in [2.05, 4.69) is 15.5 Å². The van der Waals surface area contributed by atoms with Crippen molar-refractivity contribution in [1.82, 2.24) is 15.5 Å². The second-order valence-corrected chi connectivity index (χ2v) is 4.86. The highest BCUT2D eigenvalue weighted by atomic mass is 16.4. The average molecular weight is 293 g/mol. The SMILES string of the molecule is CC(=O)N[C@@H](c1ccccc1)c1nnc(-c2ccccc2)o1. The van der Waals surface area contributed by atoms with Gasteiger partial charge in [0, 0.05) is 12.5 Å². The molecule has 3 rings (SSSR count). The van der Waals surface area contributed by atoms with Crippen LogP contribution >= 0.6 is 0 Å². The van der Waals surface area contributed by atoms with E-state index in [0.717, 1.165) is 11.1 Å². The van der Waals surface area contributed by atoms with Crippen LogP contribution in [0.2, 0.25) is 0 Å². The molecule has 1 N–H and O–H groups in total. The lowest BCUT2D eigenvalue weighted by molar-refractivity contribution is -0.119. The van der Waals surface area contributed by atoms with Crippen LogP contribution in [-0.4, -0.2) is 16.1 Å².